The molecule has 0 saturated heterocycles. The molecule has 0 radical (unpaired) electrons. The highest BCUT2D eigenvalue weighted by Gasteiger charge is 2.12. The summed E-state index contributed by atoms with van der Waals surface area (Å²) < 4.78 is 7.70. The van der Waals surface area contributed by atoms with Crippen LogP contribution in [0.4, 0.5) is 0 Å². The number of ether oxygens (including phenoxy) is 1. The fourth-order valence-electron chi connectivity index (χ4n) is 2.50. The topological polar surface area (TPSA) is 56.1 Å². The number of aryl methyl sites for hydroxylation is 1. The van der Waals surface area contributed by atoms with Gasteiger partial charge in [0, 0.05) is 25.2 Å². The smallest absolute Gasteiger partial charge is 0.181 e. The van der Waals surface area contributed by atoms with E-state index >= 15 is 0 Å². The Morgan fingerprint density at radius 3 is 2.54 bits per heavy atom. The fourth-order valence-corrected chi connectivity index (χ4v) is 2.79. The number of halogens is 2. The Morgan fingerprint density at radius 2 is 1.88 bits per heavy atom. The first-order valence-corrected chi connectivity index (χ1v) is 8.83. The summed E-state index contributed by atoms with van der Waals surface area (Å²) in [4.78, 5) is 2.12. The summed E-state index contributed by atoms with van der Waals surface area (Å²) in [5, 5.41) is 12.6. The minimum absolute atomic E-state index is 0.459. The molecule has 0 bridgehead atoms. The second kappa shape index (κ2) is 8.03. The van der Waals surface area contributed by atoms with Gasteiger partial charge in [0.15, 0.2) is 5.82 Å². The van der Waals surface area contributed by atoms with Crippen LogP contribution < -0.4 is 4.74 Å². The van der Waals surface area contributed by atoms with Gasteiger partial charge in [-0.2, -0.15) is 0 Å². The lowest BCUT2D eigenvalue weighted by Gasteiger charge is -2.15. The van der Waals surface area contributed by atoms with Crippen molar-refractivity contribution in [2.45, 2.75) is 6.42 Å². The summed E-state index contributed by atoms with van der Waals surface area (Å²) in [7, 11) is 5.89. The monoisotopic (exact) mass is 391 g/mol. The van der Waals surface area contributed by atoms with Crippen LogP contribution in [0.25, 0.3) is 11.4 Å². The third kappa shape index (κ3) is 4.33. The van der Waals surface area contributed by atoms with Crippen LogP contribution in [0.3, 0.4) is 0 Å². The van der Waals surface area contributed by atoms with E-state index < -0.39 is 0 Å². The van der Waals surface area contributed by atoms with Crippen molar-refractivity contribution in [3.63, 3.8) is 0 Å². The van der Waals surface area contributed by atoms with E-state index in [-0.39, 0.29) is 0 Å². The molecule has 0 aliphatic rings. The van der Waals surface area contributed by atoms with Crippen molar-refractivity contribution in [1.29, 1.82) is 0 Å². The number of hydrogen-bond donors (Lipinski definition) is 0. The van der Waals surface area contributed by atoms with Crippen LogP contribution in [0.15, 0.2) is 36.4 Å². The zero-order valence-electron chi connectivity index (χ0n) is 14.8. The number of nitrogens with zero attached hydrogens (tertiary/aromatic N) is 5. The van der Waals surface area contributed by atoms with E-state index in [0.717, 1.165) is 29.8 Å². The van der Waals surface area contributed by atoms with Gasteiger partial charge in [-0.1, -0.05) is 23.2 Å². The molecule has 0 N–H and O–H groups in total. The van der Waals surface area contributed by atoms with Crippen molar-refractivity contribution in [2.24, 2.45) is 7.05 Å². The molecule has 2 aromatic carbocycles. The van der Waals surface area contributed by atoms with Gasteiger partial charge in [-0.25, -0.2) is 4.68 Å². The molecule has 0 atom stereocenters. The van der Waals surface area contributed by atoms with Crippen LogP contribution in [0.1, 0.15) is 5.56 Å². The maximum Gasteiger partial charge on any atom is 0.181 e. The van der Waals surface area contributed by atoms with E-state index in [1.165, 1.54) is 0 Å². The lowest BCUT2D eigenvalue weighted by molar-refractivity contribution is 0.408. The fraction of sp³-hybridized carbons (Fsp3) is 0.278. The third-order valence-corrected chi connectivity index (χ3v) is 4.63. The number of likely N-dealkylation sites (N-methyl/N-ethyl adjacent to an activating group) is 1. The first-order valence-electron chi connectivity index (χ1n) is 8.07. The number of benzene rings is 2. The molecule has 0 fully saturated rings. The van der Waals surface area contributed by atoms with Crippen LogP contribution in [0, 0.1) is 0 Å². The molecule has 1 aromatic heterocycles. The third-order valence-electron chi connectivity index (χ3n) is 3.89. The summed E-state index contributed by atoms with van der Waals surface area (Å²) >= 11 is 12.1. The number of tetrazole rings is 1. The number of aromatic nitrogens is 4. The Balaban J connectivity index is 1.94. The van der Waals surface area contributed by atoms with E-state index in [1.807, 2.05) is 33.3 Å². The lowest BCUT2D eigenvalue weighted by atomic mass is 10.1. The molecular formula is C18H19Cl2N5O. The largest absolute Gasteiger partial charge is 0.457 e. The predicted octanol–water partition coefficient (Wildman–Crippen LogP) is 4.08. The summed E-state index contributed by atoms with van der Waals surface area (Å²) in [6.07, 6.45) is 0.822. The number of hydrogen-bond acceptors (Lipinski definition) is 5. The Bertz CT molecular complexity index is 910. The molecule has 3 aromatic rings. The van der Waals surface area contributed by atoms with Crippen molar-refractivity contribution in [1.82, 2.24) is 25.1 Å². The molecule has 3 rings (SSSR count). The van der Waals surface area contributed by atoms with E-state index in [9.17, 15) is 0 Å². The lowest BCUT2D eigenvalue weighted by Crippen LogP contribution is -2.15. The number of rotatable bonds is 6. The van der Waals surface area contributed by atoms with Crippen molar-refractivity contribution >= 4 is 23.2 Å². The maximum absolute atomic E-state index is 6.09. The Morgan fingerprint density at radius 1 is 1.08 bits per heavy atom. The average Bonchev–Trinajstić information content (AvgIpc) is 3.03. The Kier molecular flexibility index (Phi) is 5.76. The van der Waals surface area contributed by atoms with Crippen molar-refractivity contribution in [3.8, 4) is 22.9 Å². The van der Waals surface area contributed by atoms with Gasteiger partial charge in [-0.05, 0) is 66.8 Å². The molecule has 8 heteroatoms. The van der Waals surface area contributed by atoms with Gasteiger partial charge in [0.05, 0.1) is 10.0 Å². The van der Waals surface area contributed by atoms with E-state index in [2.05, 4.69) is 26.5 Å². The molecule has 0 saturated carbocycles. The maximum atomic E-state index is 6.09. The van der Waals surface area contributed by atoms with Crippen LogP contribution >= 0.6 is 23.2 Å². The summed E-state index contributed by atoms with van der Waals surface area (Å²) in [5.41, 5.74) is 2.00. The molecule has 6 nitrogen and oxygen atoms in total. The standard InChI is InChI=1S/C18H19Cl2N5O/c1-24(2)9-8-12-10-13(18-21-22-23-25(18)3)4-7-17(12)26-14-5-6-15(19)16(20)11-14/h4-7,10-11H,8-9H2,1-3H3. The van der Waals surface area contributed by atoms with Gasteiger partial charge in [0.1, 0.15) is 11.5 Å². The summed E-state index contributed by atoms with van der Waals surface area (Å²) in [6, 6.07) is 11.2. The Hall–Kier alpha value is -2.15. The van der Waals surface area contributed by atoms with Gasteiger partial charge in [-0.3, -0.25) is 0 Å². The molecule has 26 heavy (non-hydrogen) atoms. The van der Waals surface area contributed by atoms with Crippen LogP contribution in [0.5, 0.6) is 11.5 Å². The van der Waals surface area contributed by atoms with Crippen LogP contribution in [-0.4, -0.2) is 45.7 Å². The van der Waals surface area contributed by atoms with Gasteiger partial charge in [0.2, 0.25) is 0 Å². The highest BCUT2D eigenvalue weighted by atomic mass is 35.5. The minimum Gasteiger partial charge on any atom is -0.457 e. The van der Waals surface area contributed by atoms with Gasteiger partial charge < -0.3 is 9.64 Å². The molecule has 1 heterocycles. The SMILES string of the molecule is CN(C)CCc1cc(-c2nnnn2C)ccc1Oc1ccc(Cl)c(Cl)c1. The van der Waals surface area contributed by atoms with Crippen molar-refractivity contribution in [2.75, 3.05) is 20.6 Å². The zero-order chi connectivity index (χ0) is 18.7. The van der Waals surface area contributed by atoms with Crippen LogP contribution in [0.2, 0.25) is 10.0 Å². The predicted molar refractivity (Wildman–Crippen MR) is 103 cm³/mol. The van der Waals surface area contributed by atoms with Gasteiger partial charge in [-0.15, -0.1) is 5.10 Å². The second-order valence-corrected chi connectivity index (χ2v) is 6.99. The Labute approximate surface area is 162 Å². The zero-order valence-corrected chi connectivity index (χ0v) is 16.3. The summed E-state index contributed by atoms with van der Waals surface area (Å²) in [5.74, 6) is 2.11. The van der Waals surface area contributed by atoms with Crippen molar-refractivity contribution in [3.05, 3.63) is 52.0 Å². The first-order chi connectivity index (χ1) is 12.4. The quantitative estimate of drug-likeness (QED) is 0.633. The molecule has 136 valence electrons. The van der Waals surface area contributed by atoms with Gasteiger partial charge >= 0.3 is 0 Å². The summed E-state index contributed by atoms with van der Waals surface area (Å²) in [6.45, 7) is 0.887. The minimum atomic E-state index is 0.459. The first kappa shape index (κ1) is 18.6. The second-order valence-electron chi connectivity index (χ2n) is 6.18. The van der Waals surface area contributed by atoms with Crippen molar-refractivity contribution < 1.29 is 4.74 Å². The highest BCUT2D eigenvalue weighted by Crippen LogP contribution is 2.33. The van der Waals surface area contributed by atoms with Gasteiger partial charge in [0.25, 0.3) is 0 Å². The van der Waals surface area contributed by atoms with E-state index in [4.69, 9.17) is 27.9 Å². The molecule has 0 amide bonds. The average molecular weight is 392 g/mol. The molecule has 0 aliphatic carbocycles. The molecule has 0 spiro atoms. The van der Waals surface area contributed by atoms with E-state index in [0.29, 0.717) is 21.6 Å². The molecule has 0 unspecified atom stereocenters. The molecular weight excluding hydrogens is 373 g/mol. The normalized spacial score (nSPS) is 11.2. The van der Waals surface area contributed by atoms with E-state index in [1.54, 1.807) is 22.9 Å². The van der Waals surface area contributed by atoms with Crippen LogP contribution in [-0.2, 0) is 13.5 Å². The highest BCUT2D eigenvalue weighted by molar-refractivity contribution is 6.42. The molecule has 0 aliphatic heterocycles.